The summed E-state index contributed by atoms with van der Waals surface area (Å²) in [5.41, 5.74) is 0.530. The summed E-state index contributed by atoms with van der Waals surface area (Å²) in [5.74, 6) is -0.0542. The number of carbonyl (C=O) groups excluding carboxylic acids is 1. The van der Waals surface area contributed by atoms with Gasteiger partial charge in [0.1, 0.15) is 9.84 Å². The lowest BCUT2D eigenvalue weighted by Gasteiger charge is -2.04. The maximum Gasteiger partial charge on any atom is 0.164 e. The van der Waals surface area contributed by atoms with Crippen LogP contribution in [-0.2, 0) is 9.84 Å². The fourth-order valence-electron chi connectivity index (χ4n) is 1.35. The Kier molecular flexibility index (Phi) is 5.16. The zero-order valence-electron chi connectivity index (χ0n) is 9.24. The number of carbonyl (C=O) groups is 1. The highest BCUT2D eigenvalue weighted by molar-refractivity contribution is 9.10. The number of Topliss-reactive ketones (excluding diaryl/α,β-unsaturated/α-hetero) is 1. The van der Waals surface area contributed by atoms with Gasteiger partial charge in [0.15, 0.2) is 5.78 Å². The van der Waals surface area contributed by atoms with Crippen LogP contribution in [0.1, 0.15) is 23.2 Å². The number of sulfone groups is 1. The van der Waals surface area contributed by atoms with Crippen LogP contribution in [0, 0.1) is 0 Å². The molecule has 0 spiro atoms. The molecule has 0 N–H and O–H groups in total. The molecule has 0 aliphatic carbocycles. The summed E-state index contributed by atoms with van der Waals surface area (Å²) in [6, 6.07) is 4.91. The fourth-order valence-corrected chi connectivity index (χ4v) is 2.92. The minimum absolute atomic E-state index is 0.0317. The van der Waals surface area contributed by atoms with Crippen molar-refractivity contribution in [3.05, 3.63) is 33.3 Å². The van der Waals surface area contributed by atoms with Gasteiger partial charge < -0.3 is 0 Å². The maximum atomic E-state index is 11.8. The second kappa shape index (κ2) is 5.98. The molecule has 94 valence electrons. The van der Waals surface area contributed by atoms with Gasteiger partial charge in [-0.3, -0.25) is 4.79 Å². The third-order valence-electron chi connectivity index (χ3n) is 2.15. The molecule has 3 nitrogen and oxygen atoms in total. The van der Waals surface area contributed by atoms with Crippen LogP contribution in [0.3, 0.4) is 0 Å². The minimum atomic E-state index is -3.00. The van der Waals surface area contributed by atoms with Crippen LogP contribution >= 0.6 is 27.5 Å². The number of halogens is 2. The molecule has 1 aromatic rings. The van der Waals surface area contributed by atoms with E-state index in [1.165, 1.54) is 0 Å². The van der Waals surface area contributed by atoms with E-state index in [0.29, 0.717) is 21.5 Å². The van der Waals surface area contributed by atoms with E-state index in [1.54, 1.807) is 18.2 Å². The molecule has 0 fully saturated rings. The summed E-state index contributed by atoms with van der Waals surface area (Å²) >= 11 is 9.02. The Hall–Kier alpha value is -0.390. The van der Waals surface area contributed by atoms with Crippen molar-refractivity contribution in [2.45, 2.75) is 12.8 Å². The van der Waals surface area contributed by atoms with E-state index >= 15 is 0 Å². The predicted molar refractivity (Wildman–Crippen MR) is 72.4 cm³/mol. The van der Waals surface area contributed by atoms with Gasteiger partial charge in [-0.25, -0.2) is 8.42 Å². The van der Waals surface area contributed by atoms with Gasteiger partial charge in [0, 0.05) is 27.7 Å². The van der Waals surface area contributed by atoms with Gasteiger partial charge in [-0.2, -0.15) is 0 Å². The van der Waals surface area contributed by atoms with E-state index in [0.717, 1.165) is 6.26 Å². The highest BCUT2D eigenvalue weighted by Crippen LogP contribution is 2.23. The summed E-state index contributed by atoms with van der Waals surface area (Å²) in [4.78, 5) is 11.8. The highest BCUT2D eigenvalue weighted by Gasteiger charge is 2.11. The predicted octanol–water partition coefficient (Wildman–Crippen LogP) is 3.11. The summed E-state index contributed by atoms with van der Waals surface area (Å²) < 4.78 is 22.5. The van der Waals surface area contributed by atoms with Gasteiger partial charge >= 0.3 is 0 Å². The first-order chi connectivity index (χ1) is 7.79. The average molecular weight is 340 g/mol. The van der Waals surface area contributed by atoms with Crippen molar-refractivity contribution in [3.63, 3.8) is 0 Å². The van der Waals surface area contributed by atoms with Crippen molar-refractivity contribution >= 4 is 43.2 Å². The Morgan fingerprint density at radius 2 is 2.06 bits per heavy atom. The quantitative estimate of drug-likeness (QED) is 0.775. The highest BCUT2D eigenvalue weighted by atomic mass is 79.9. The summed E-state index contributed by atoms with van der Waals surface area (Å²) in [7, 11) is -3.00. The first kappa shape index (κ1) is 14.7. The largest absolute Gasteiger partial charge is 0.294 e. The molecule has 0 aliphatic rings. The maximum absolute atomic E-state index is 11.8. The Morgan fingerprint density at radius 1 is 1.41 bits per heavy atom. The van der Waals surface area contributed by atoms with Gasteiger partial charge in [-0.15, -0.1) is 0 Å². The minimum Gasteiger partial charge on any atom is -0.294 e. The number of rotatable bonds is 5. The van der Waals surface area contributed by atoms with Crippen LogP contribution < -0.4 is 0 Å². The van der Waals surface area contributed by atoms with Crippen LogP contribution in [0.25, 0.3) is 0 Å². The Balaban J connectivity index is 2.65. The zero-order valence-corrected chi connectivity index (χ0v) is 12.4. The second-order valence-corrected chi connectivity index (χ2v) is 7.33. The number of benzene rings is 1. The number of hydrogen-bond acceptors (Lipinski definition) is 3. The van der Waals surface area contributed by atoms with E-state index in [9.17, 15) is 13.2 Å². The third-order valence-corrected chi connectivity index (χ3v) is 4.07. The smallest absolute Gasteiger partial charge is 0.164 e. The lowest BCUT2D eigenvalue weighted by molar-refractivity contribution is 0.0981. The standard InChI is InChI=1S/C11H12BrClO3S/c1-17(15,16)6-2-3-11(14)9-5-4-8(13)7-10(9)12/h4-5,7H,2-3,6H2,1H3. The molecule has 0 amide bonds. The monoisotopic (exact) mass is 338 g/mol. The van der Waals surface area contributed by atoms with Crippen molar-refractivity contribution in [2.24, 2.45) is 0 Å². The van der Waals surface area contributed by atoms with Crippen molar-refractivity contribution in [2.75, 3.05) is 12.0 Å². The summed E-state index contributed by atoms with van der Waals surface area (Å²) in [5, 5.41) is 0.546. The van der Waals surface area contributed by atoms with E-state index in [2.05, 4.69) is 15.9 Å². The molecular weight excluding hydrogens is 328 g/mol. The fraction of sp³-hybridized carbons (Fsp3) is 0.364. The van der Waals surface area contributed by atoms with Gasteiger partial charge in [0.2, 0.25) is 0 Å². The van der Waals surface area contributed by atoms with Crippen molar-refractivity contribution < 1.29 is 13.2 Å². The summed E-state index contributed by atoms with van der Waals surface area (Å²) in [6.45, 7) is 0. The Bertz CT molecular complexity index is 526. The Morgan fingerprint density at radius 3 is 2.59 bits per heavy atom. The van der Waals surface area contributed by atoms with Crippen molar-refractivity contribution in [3.8, 4) is 0 Å². The molecule has 6 heteroatoms. The van der Waals surface area contributed by atoms with Gasteiger partial charge in [0.05, 0.1) is 5.75 Å². The zero-order chi connectivity index (χ0) is 13.1. The van der Waals surface area contributed by atoms with Gasteiger partial charge in [-0.05, 0) is 40.5 Å². The molecule has 0 saturated carbocycles. The molecule has 0 aromatic heterocycles. The molecule has 0 heterocycles. The van der Waals surface area contributed by atoms with Crippen LogP contribution in [0.4, 0.5) is 0 Å². The molecule has 1 aromatic carbocycles. The third kappa shape index (κ3) is 5.19. The molecule has 0 bridgehead atoms. The molecule has 0 unspecified atom stereocenters. The average Bonchev–Trinajstić information content (AvgIpc) is 2.15. The van der Waals surface area contributed by atoms with Gasteiger partial charge in [-0.1, -0.05) is 11.6 Å². The van der Waals surface area contributed by atoms with E-state index < -0.39 is 9.84 Å². The van der Waals surface area contributed by atoms with Crippen LogP contribution in [0.15, 0.2) is 22.7 Å². The van der Waals surface area contributed by atoms with E-state index in [1.807, 2.05) is 0 Å². The lowest BCUT2D eigenvalue weighted by Crippen LogP contribution is -2.07. The van der Waals surface area contributed by atoms with E-state index in [4.69, 9.17) is 11.6 Å². The second-order valence-electron chi connectivity index (χ2n) is 3.78. The molecule has 1 rings (SSSR count). The topological polar surface area (TPSA) is 51.2 Å². The van der Waals surface area contributed by atoms with Crippen LogP contribution in [0.5, 0.6) is 0 Å². The molecule has 17 heavy (non-hydrogen) atoms. The molecule has 0 radical (unpaired) electrons. The van der Waals surface area contributed by atoms with Crippen molar-refractivity contribution in [1.29, 1.82) is 0 Å². The van der Waals surface area contributed by atoms with Crippen LogP contribution in [0.2, 0.25) is 5.02 Å². The number of hydrogen-bond donors (Lipinski definition) is 0. The lowest BCUT2D eigenvalue weighted by atomic mass is 10.1. The Labute approximate surface area is 114 Å². The molecule has 0 aliphatic heterocycles. The van der Waals surface area contributed by atoms with Gasteiger partial charge in [0.25, 0.3) is 0 Å². The SMILES string of the molecule is CS(=O)(=O)CCCC(=O)c1ccc(Cl)cc1Br. The van der Waals surface area contributed by atoms with Crippen molar-refractivity contribution in [1.82, 2.24) is 0 Å². The molecular formula is C11H12BrClO3S. The van der Waals surface area contributed by atoms with E-state index in [-0.39, 0.29) is 18.0 Å². The first-order valence-electron chi connectivity index (χ1n) is 4.95. The first-order valence-corrected chi connectivity index (χ1v) is 8.19. The molecule has 0 atom stereocenters. The number of ketones is 1. The normalized spacial score (nSPS) is 11.5. The van der Waals surface area contributed by atoms with Crippen LogP contribution in [-0.4, -0.2) is 26.2 Å². The molecule has 0 saturated heterocycles. The summed E-state index contributed by atoms with van der Waals surface area (Å²) in [6.07, 6.45) is 1.72.